The summed E-state index contributed by atoms with van der Waals surface area (Å²) < 4.78 is 27.9. The molecule has 5 nitrogen and oxygen atoms in total. The van der Waals surface area contributed by atoms with Crippen LogP contribution in [0.3, 0.4) is 0 Å². The molecule has 0 saturated carbocycles. The first-order chi connectivity index (χ1) is 10.8. The van der Waals surface area contributed by atoms with E-state index in [0.29, 0.717) is 24.3 Å². The number of rotatable bonds is 2. The van der Waals surface area contributed by atoms with Gasteiger partial charge in [-0.15, -0.1) is 0 Å². The monoisotopic (exact) mass is 336 g/mol. The van der Waals surface area contributed by atoms with E-state index in [1.165, 1.54) is 0 Å². The second-order valence-corrected chi connectivity index (χ2v) is 8.80. The summed E-state index contributed by atoms with van der Waals surface area (Å²) in [7, 11) is -3.55. The van der Waals surface area contributed by atoms with Gasteiger partial charge in [-0.05, 0) is 51.7 Å². The van der Waals surface area contributed by atoms with Gasteiger partial charge in [0, 0.05) is 19.0 Å². The molecule has 0 aliphatic carbocycles. The number of piperidine rings is 1. The zero-order valence-corrected chi connectivity index (χ0v) is 14.5. The predicted octanol–water partition coefficient (Wildman–Crippen LogP) is 2.21. The molecule has 0 spiro atoms. The maximum absolute atomic E-state index is 13.1. The van der Waals surface area contributed by atoms with Gasteiger partial charge in [0.1, 0.15) is 0 Å². The number of aryl methyl sites for hydroxylation is 1. The molecule has 2 aliphatic heterocycles. The van der Waals surface area contributed by atoms with E-state index in [0.717, 1.165) is 24.8 Å². The molecule has 1 aromatic carbocycles. The Morgan fingerprint density at radius 1 is 1.22 bits per heavy atom. The number of sulfonamides is 1. The van der Waals surface area contributed by atoms with Crippen molar-refractivity contribution in [3.05, 3.63) is 29.8 Å². The van der Waals surface area contributed by atoms with E-state index in [1.54, 1.807) is 16.4 Å². The lowest BCUT2D eigenvalue weighted by molar-refractivity contribution is -0.126. The number of nitrogens with zero attached hydrogens (tertiary/aromatic N) is 1. The normalized spacial score (nSPS) is 29.5. The van der Waals surface area contributed by atoms with Gasteiger partial charge in [0.05, 0.1) is 10.4 Å². The van der Waals surface area contributed by atoms with Crippen LogP contribution in [0, 0.1) is 6.92 Å². The molecule has 1 amide bonds. The van der Waals surface area contributed by atoms with Crippen molar-refractivity contribution in [2.75, 3.05) is 6.54 Å². The molecule has 2 heterocycles. The average molecular weight is 336 g/mol. The topological polar surface area (TPSA) is 66.5 Å². The van der Waals surface area contributed by atoms with Crippen molar-refractivity contribution < 1.29 is 13.2 Å². The minimum absolute atomic E-state index is 0.0262. The van der Waals surface area contributed by atoms with Gasteiger partial charge in [0.2, 0.25) is 15.9 Å². The molecular weight excluding hydrogens is 312 g/mol. The quantitative estimate of drug-likeness (QED) is 0.900. The lowest BCUT2D eigenvalue weighted by Gasteiger charge is -2.45. The van der Waals surface area contributed by atoms with Crippen LogP contribution in [0.2, 0.25) is 0 Å². The van der Waals surface area contributed by atoms with E-state index >= 15 is 0 Å². The van der Waals surface area contributed by atoms with E-state index in [9.17, 15) is 13.2 Å². The molecule has 126 valence electrons. The third-order valence-electron chi connectivity index (χ3n) is 5.11. The Hall–Kier alpha value is -1.40. The number of benzene rings is 1. The summed E-state index contributed by atoms with van der Waals surface area (Å²) in [6.45, 7) is 4.44. The van der Waals surface area contributed by atoms with Gasteiger partial charge in [0.25, 0.3) is 0 Å². The summed E-state index contributed by atoms with van der Waals surface area (Å²) in [4.78, 5) is 12.2. The highest BCUT2D eigenvalue weighted by Crippen LogP contribution is 2.35. The molecule has 0 radical (unpaired) electrons. The fourth-order valence-corrected chi connectivity index (χ4v) is 5.58. The highest BCUT2D eigenvalue weighted by molar-refractivity contribution is 7.89. The highest BCUT2D eigenvalue weighted by Gasteiger charge is 2.47. The molecule has 2 fully saturated rings. The first-order valence-corrected chi connectivity index (χ1v) is 9.66. The van der Waals surface area contributed by atoms with Crippen LogP contribution in [0.15, 0.2) is 29.2 Å². The van der Waals surface area contributed by atoms with Gasteiger partial charge in [-0.3, -0.25) is 4.79 Å². The Balaban J connectivity index is 1.99. The Kier molecular flexibility index (Phi) is 4.23. The largest absolute Gasteiger partial charge is 0.349 e. The fraction of sp³-hybridized carbons (Fsp3) is 0.588. The molecule has 0 bridgehead atoms. The van der Waals surface area contributed by atoms with Crippen LogP contribution in [0.5, 0.6) is 0 Å². The molecule has 2 saturated heterocycles. The zero-order valence-electron chi connectivity index (χ0n) is 13.7. The summed E-state index contributed by atoms with van der Waals surface area (Å²) in [5, 5.41) is 3.05. The molecule has 23 heavy (non-hydrogen) atoms. The molecule has 3 rings (SSSR count). The van der Waals surface area contributed by atoms with Gasteiger partial charge >= 0.3 is 0 Å². The summed E-state index contributed by atoms with van der Waals surface area (Å²) in [5.74, 6) is 0.0262. The van der Waals surface area contributed by atoms with Gasteiger partial charge in [-0.25, -0.2) is 8.42 Å². The van der Waals surface area contributed by atoms with Gasteiger partial charge in [-0.1, -0.05) is 17.7 Å². The van der Waals surface area contributed by atoms with E-state index in [4.69, 9.17) is 0 Å². The molecule has 0 aromatic heterocycles. The SMILES string of the molecule is Cc1ccc(S(=O)(=O)N2CCCC[C@]3(C)NC(=O)CC[C@H]23)cc1. The first-order valence-electron chi connectivity index (χ1n) is 8.22. The van der Waals surface area contributed by atoms with Gasteiger partial charge in [-0.2, -0.15) is 4.31 Å². The predicted molar refractivity (Wildman–Crippen MR) is 88.5 cm³/mol. The van der Waals surface area contributed by atoms with Crippen LogP contribution >= 0.6 is 0 Å². The lowest BCUT2D eigenvalue weighted by atomic mass is 9.82. The fourth-order valence-electron chi connectivity index (χ4n) is 3.79. The van der Waals surface area contributed by atoms with E-state index in [2.05, 4.69) is 5.32 Å². The maximum Gasteiger partial charge on any atom is 0.243 e. The number of carbonyl (C=O) groups is 1. The smallest absolute Gasteiger partial charge is 0.243 e. The Morgan fingerprint density at radius 2 is 1.91 bits per heavy atom. The van der Waals surface area contributed by atoms with Crippen molar-refractivity contribution in [2.45, 2.75) is 62.4 Å². The molecular formula is C17H24N2O3S. The summed E-state index contributed by atoms with van der Waals surface area (Å²) in [5.41, 5.74) is 0.568. The number of fused-ring (bicyclic) bond motifs is 1. The van der Waals surface area contributed by atoms with E-state index < -0.39 is 15.6 Å². The number of nitrogens with one attached hydrogen (secondary N) is 1. The average Bonchev–Trinajstić information content (AvgIpc) is 2.66. The lowest BCUT2D eigenvalue weighted by Crippen LogP contribution is -2.63. The van der Waals surface area contributed by atoms with Crippen LogP contribution in [-0.2, 0) is 14.8 Å². The number of hydrogen-bond acceptors (Lipinski definition) is 3. The van der Waals surface area contributed by atoms with Crippen LogP contribution in [0.1, 0.15) is 44.6 Å². The Morgan fingerprint density at radius 3 is 2.61 bits per heavy atom. The maximum atomic E-state index is 13.1. The number of amides is 1. The highest BCUT2D eigenvalue weighted by atomic mass is 32.2. The number of carbonyl (C=O) groups excluding carboxylic acids is 1. The molecule has 1 N–H and O–H groups in total. The van der Waals surface area contributed by atoms with Crippen molar-refractivity contribution >= 4 is 15.9 Å². The summed E-state index contributed by atoms with van der Waals surface area (Å²) >= 11 is 0. The summed E-state index contributed by atoms with van der Waals surface area (Å²) in [6, 6.07) is 6.83. The van der Waals surface area contributed by atoms with Crippen LogP contribution in [-0.4, -0.2) is 36.8 Å². The zero-order chi connectivity index (χ0) is 16.7. The first kappa shape index (κ1) is 16.5. The van der Waals surface area contributed by atoms with Gasteiger partial charge in [0.15, 0.2) is 0 Å². The van der Waals surface area contributed by atoms with Crippen molar-refractivity contribution in [1.29, 1.82) is 0 Å². The number of hydrogen-bond donors (Lipinski definition) is 1. The van der Waals surface area contributed by atoms with E-state index in [-0.39, 0.29) is 11.9 Å². The molecule has 2 atom stereocenters. The third-order valence-corrected chi connectivity index (χ3v) is 7.03. The minimum Gasteiger partial charge on any atom is -0.349 e. The van der Waals surface area contributed by atoms with Gasteiger partial charge < -0.3 is 5.32 Å². The van der Waals surface area contributed by atoms with E-state index in [1.807, 2.05) is 26.0 Å². The van der Waals surface area contributed by atoms with Crippen LogP contribution in [0.25, 0.3) is 0 Å². The van der Waals surface area contributed by atoms with Crippen LogP contribution in [0.4, 0.5) is 0 Å². The standard InChI is InChI=1S/C17H24N2O3S/c1-13-5-7-14(8-6-13)23(21,22)19-12-4-3-11-17(2)15(19)9-10-16(20)18-17/h5-8,15H,3-4,9-12H2,1-2H3,(H,18,20)/t15-,17-/m0/s1. The molecule has 2 aliphatic rings. The van der Waals surface area contributed by atoms with Crippen molar-refractivity contribution in [2.24, 2.45) is 0 Å². The third kappa shape index (κ3) is 3.02. The van der Waals surface area contributed by atoms with Crippen molar-refractivity contribution in [3.63, 3.8) is 0 Å². The Bertz CT molecular complexity index is 699. The molecule has 0 unspecified atom stereocenters. The molecule has 6 heteroatoms. The second kappa shape index (κ2) is 5.91. The van der Waals surface area contributed by atoms with Crippen LogP contribution < -0.4 is 5.32 Å². The minimum atomic E-state index is -3.55. The molecule has 1 aromatic rings. The second-order valence-electron chi connectivity index (χ2n) is 6.91. The van der Waals surface area contributed by atoms with Crippen molar-refractivity contribution in [3.8, 4) is 0 Å². The summed E-state index contributed by atoms with van der Waals surface area (Å²) in [6.07, 6.45) is 3.55. The van der Waals surface area contributed by atoms with Crippen molar-refractivity contribution in [1.82, 2.24) is 9.62 Å². The Labute approximate surface area is 138 Å².